The molecule has 1 aromatic heterocycles. The molecule has 0 aromatic carbocycles. The molecule has 0 aliphatic carbocycles. The maximum atomic E-state index is 4.12. The third-order valence-corrected chi connectivity index (χ3v) is 3.42. The summed E-state index contributed by atoms with van der Waals surface area (Å²) in [6.07, 6.45) is 6.94. The average Bonchev–Trinajstić information content (AvgIpc) is 2.65. The monoisotopic (exact) mass is 251 g/mol. The molecular weight excluding hydrogens is 222 g/mol. The van der Waals surface area contributed by atoms with E-state index in [0.29, 0.717) is 6.04 Å². The van der Waals surface area contributed by atoms with Crippen LogP contribution in [0.2, 0.25) is 0 Å². The van der Waals surface area contributed by atoms with Gasteiger partial charge in [0.1, 0.15) is 0 Å². The first-order valence-corrected chi connectivity index (χ1v) is 6.87. The van der Waals surface area contributed by atoms with Crippen LogP contribution in [-0.4, -0.2) is 32.1 Å². The third kappa shape index (κ3) is 4.13. The molecule has 0 saturated heterocycles. The standard InChI is InChI=1S/C15H29N3/c1-13(17-11-9-16-12-17)8-10-18(14(2,3)4)15(5,6)7/h9,11-13H,8,10H2,1-7H3. The molecule has 1 rings (SSSR count). The normalized spacial score (nSPS) is 15.1. The highest BCUT2D eigenvalue weighted by Crippen LogP contribution is 2.26. The number of hydrogen-bond donors (Lipinski definition) is 0. The molecule has 104 valence electrons. The number of aromatic nitrogens is 2. The van der Waals surface area contributed by atoms with Gasteiger partial charge in [0.05, 0.1) is 6.33 Å². The van der Waals surface area contributed by atoms with Crippen LogP contribution in [0, 0.1) is 0 Å². The lowest BCUT2D eigenvalue weighted by atomic mass is 9.95. The number of nitrogens with zero attached hydrogens (tertiary/aromatic N) is 3. The van der Waals surface area contributed by atoms with Gasteiger partial charge in [-0.15, -0.1) is 0 Å². The summed E-state index contributed by atoms with van der Waals surface area (Å²) in [7, 11) is 0. The van der Waals surface area contributed by atoms with Gasteiger partial charge in [0.15, 0.2) is 0 Å². The van der Waals surface area contributed by atoms with Crippen LogP contribution >= 0.6 is 0 Å². The fraction of sp³-hybridized carbons (Fsp3) is 0.800. The van der Waals surface area contributed by atoms with Gasteiger partial charge in [-0.2, -0.15) is 0 Å². The van der Waals surface area contributed by atoms with Gasteiger partial charge in [-0.3, -0.25) is 4.90 Å². The molecule has 3 nitrogen and oxygen atoms in total. The van der Waals surface area contributed by atoms with Crippen LogP contribution in [0.3, 0.4) is 0 Å². The largest absolute Gasteiger partial charge is 0.335 e. The van der Waals surface area contributed by atoms with Crippen molar-refractivity contribution in [1.29, 1.82) is 0 Å². The molecule has 0 aliphatic rings. The van der Waals surface area contributed by atoms with E-state index in [1.165, 1.54) is 0 Å². The average molecular weight is 251 g/mol. The Hall–Kier alpha value is -0.830. The van der Waals surface area contributed by atoms with E-state index in [1.807, 2.05) is 18.7 Å². The van der Waals surface area contributed by atoms with E-state index >= 15 is 0 Å². The molecule has 0 saturated carbocycles. The van der Waals surface area contributed by atoms with Crippen LogP contribution in [0.1, 0.15) is 60.9 Å². The minimum atomic E-state index is 0.201. The van der Waals surface area contributed by atoms with E-state index in [1.54, 1.807) is 0 Å². The van der Waals surface area contributed by atoms with Crippen LogP contribution in [0.15, 0.2) is 18.7 Å². The van der Waals surface area contributed by atoms with Gasteiger partial charge < -0.3 is 4.57 Å². The predicted octanol–water partition coefficient (Wildman–Crippen LogP) is 3.73. The van der Waals surface area contributed by atoms with E-state index in [2.05, 4.69) is 62.9 Å². The molecule has 1 heterocycles. The lowest BCUT2D eigenvalue weighted by molar-refractivity contribution is 0.0339. The lowest BCUT2D eigenvalue weighted by Gasteiger charge is -2.46. The van der Waals surface area contributed by atoms with Crippen molar-refractivity contribution in [3.8, 4) is 0 Å². The molecule has 18 heavy (non-hydrogen) atoms. The smallest absolute Gasteiger partial charge is 0.0948 e. The molecule has 0 spiro atoms. The first-order chi connectivity index (χ1) is 8.12. The van der Waals surface area contributed by atoms with Crippen molar-refractivity contribution < 1.29 is 0 Å². The number of imidazole rings is 1. The van der Waals surface area contributed by atoms with Crippen LogP contribution in [0.25, 0.3) is 0 Å². The Morgan fingerprint density at radius 3 is 2.06 bits per heavy atom. The molecule has 0 radical (unpaired) electrons. The Balaban J connectivity index is 2.64. The zero-order valence-corrected chi connectivity index (χ0v) is 13.1. The van der Waals surface area contributed by atoms with Gasteiger partial charge in [-0.05, 0) is 54.9 Å². The van der Waals surface area contributed by atoms with Crippen LogP contribution in [0.4, 0.5) is 0 Å². The summed E-state index contributed by atoms with van der Waals surface area (Å²) >= 11 is 0. The minimum absolute atomic E-state index is 0.201. The maximum absolute atomic E-state index is 4.12. The second-order valence-electron chi connectivity index (χ2n) is 7.14. The van der Waals surface area contributed by atoms with E-state index < -0.39 is 0 Å². The van der Waals surface area contributed by atoms with Gasteiger partial charge >= 0.3 is 0 Å². The highest BCUT2D eigenvalue weighted by molar-refractivity contribution is 4.88. The Kier molecular flexibility index (Phi) is 4.60. The predicted molar refractivity (Wildman–Crippen MR) is 77.8 cm³/mol. The summed E-state index contributed by atoms with van der Waals surface area (Å²) in [6, 6.07) is 0.500. The van der Waals surface area contributed by atoms with E-state index in [4.69, 9.17) is 0 Å². The fourth-order valence-electron chi connectivity index (χ4n) is 2.67. The molecule has 1 aromatic rings. The first kappa shape index (κ1) is 15.2. The van der Waals surface area contributed by atoms with Crippen molar-refractivity contribution in [3.63, 3.8) is 0 Å². The Bertz CT molecular complexity index is 327. The Labute approximate surface area is 112 Å². The molecule has 0 aliphatic heterocycles. The second kappa shape index (κ2) is 5.43. The molecular formula is C15H29N3. The first-order valence-electron chi connectivity index (χ1n) is 6.87. The van der Waals surface area contributed by atoms with Gasteiger partial charge in [-0.25, -0.2) is 4.98 Å². The van der Waals surface area contributed by atoms with E-state index in [0.717, 1.165) is 13.0 Å². The maximum Gasteiger partial charge on any atom is 0.0948 e. The summed E-state index contributed by atoms with van der Waals surface area (Å²) in [6.45, 7) is 17.1. The minimum Gasteiger partial charge on any atom is -0.335 e. The Morgan fingerprint density at radius 1 is 1.11 bits per heavy atom. The third-order valence-electron chi connectivity index (χ3n) is 3.42. The molecule has 0 N–H and O–H groups in total. The second-order valence-corrected chi connectivity index (χ2v) is 7.14. The highest BCUT2D eigenvalue weighted by atomic mass is 15.2. The van der Waals surface area contributed by atoms with Gasteiger partial charge in [-0.1, -0.05) is 0 Å². The number of hydrogen-bond acceptors (Lipinski definition) is 2. The Morgan fingerprint density at radius 2 is 1.67 bits per heavy atom. The quantitative estimate of drug-likeness (QED) is 0.813. The zero-order chi connectivity index (χ0) is 14.0. The van der Waals surface area contributed by atoms with Gasteiger partial charge in [0, 0.05) is 36.1 Å². The van der Waals surface area contributed by atoms with Crippen LogP contribution in [-0.2, 0) is 0 Å². The fourth-order valence-corrected chi connectivity index (χ4v) is 2.67. The van der Waals surface area contributed by atoms with Gasteiger partial charge in [0.2, 0.25) is 0 Å². The summed E-state index contributed by atoms with van der Waals surface area (Å²) in [5.41, 5.74) is 0.403. The summed E-state index contributed by atoms with van der Waals surface area (Å²) < 4.78 is 2.18. The highest BCUT2D eigenvalue weighted by Gasteiger charge is 2.31. The molecule has 1 unspecified atom stereocenters. The molecule has 0 amide bonds. The van der Waals surface area contributed by atoms with Crippen molar-refractivity contribution in [2.24, 2.45) is 0 Å². The van der Waals surface area contributed by atoms with Crippen molar-refractivity contribution in [2.75, 3.05) is 6.54 Å². The zero-order valence-electron chi connectivity index (χ0n) is 13.1. The van der Waals surface area contributed by atoms with Gasteiger partial charge in [0.25, 0.3) is 0 Å². The van der Waals surface area contributed by atoms with Crippen LogP contribution < -0.4 is 0 Å². The van der Waals surface area contributed by atoms with Crippen molar-refractivity contribution in [3.05, 3.63) is 18.7 Å². The van der Waals surface area contributed by atoms with E-state index in [9.17, 15) is 0 Å². The molecule has 3 heteroatoms. The van der Waals surface area contributed by atoms with Crippen molar-refractivity contribution in [1.82, 2.24) is 14.5 Å². The topological polar surface area (TPSA) is 21.1 Å². The SMILES string of the molecule is CC(CCN(C(C)(C)C)C(C)(C)C)n1ccnc1. The summed E-state index contributed by atoms with van der Waals surface area (Å²) in [5.74, 6) is 0. The van der Waals surface area contributed by atoms with Crippen molar-refractivity contribution >= 4 is 0 Å². The lowest BCUT2D eigenvalue weighted by Crippen LogP contribution is -2.53. The summed E-state index contributed by atoms with van der Waals surface area (Å²) in [5, 5.41) is 0. The molecule has 0 bridgehead atoms. The van der Waals surface area contributed by atoms with Crippen LogP contribution in [0.5, 0.6) is 0 Å². The van der Waals surface area contributed by atoms with Crippen molar-refractivity contribution in [2.45, 2.75) is 72.0 Å². The van der Waals surface area contributed by atoms with E-state index in [-0.39, 0.29) is 11.1 Å². The molecule has 1 atom stereocenters. The summed E-state index contributed by atoms with van der Waals surface area (Å²) in [4.78, 5) is 6.69. The molecule has 0 fully saturated rings. The number of rotatable bonds is 4.